The van der Waals surface area contributed by atoms with Gasteiger partial charge >= 0.3 is 0 Å². The lowest BCUT2D eigenvalue weighted by molar-refractivity contribution is 0.575. The highest BCUT2D eigenvalue weighted by atomic mass is 35.5. The quantitative estimate of drug-likeness (QED) is 0.876. The summed E-state index contributed by atoms with van der Waals surface area (Å²) in [6, 6.07) is 10.6. The van der Waals surface area contributed by atoms with E-state index in [2.05, 4.69) is 5.32 Å². The third kappa shape index (κ3) is 2.80. The fourth-order valence-corrected chi connectivity index (χ4v) is 2.52. The van der Waals surface area contributed by atoms with E-state index in [1.165, 1.54) is 6.07 Å². The molecule has 1 unspecified atom stereocenters. The van der Waals surface area contributed by atoms with Crippen molar-refractivity contribution in [2.24, 2.45) is 0 Å². The zero-order valence-corrected chi connectivity index (χ0v) is 12.1. The van der Waals surface area contributed by atoms with Gasteiger partial charge in [-0.15, -0.1) is 0 Å². The van der Waals surface area contributed by atoms with E-state index in [0.717, 1.165) is 21.7 Å². The van der Waals surface area contributed by atoms with Crippen molar-refractivity contribution >= 4 is 11.6 Å². The maximum atomic E-state index is 14.0. The molecule has 0 aliphatic carbocycles. The molecule has 0 bridgehead atoms. The molecule has 19 heavy (non-hydrogen) atoms. The largest absolute Gasteiger partial charge is 0.309 e. The third-order valence-corrected chi connectivity index (χ3v) is 3.77. The Morgan fingerprint density at radius 2 is 1.74 bits per heavy atom. The molecule has 0 amide bonds. The number of hydrogen-bond acceptors (Lipinski definition) is 1. The van der Waals surface area contributed by atoms with Crippen molar-refractivity contribution in [2.75, 3.05) is 7.05 Å². The van der Waals surface area contributed by atoms with E-state index in [1.807, 2.05) is 39.1 Å². The van der Waals surface area contributed by atoms with Crippen molar-refractivity contribution in [1.82, 2.24) is 5.32 Å². The van der Waals surface area contributed by atoms with Crippen LogP contribution in [0.3, 0.4) is 0 Å². The maximum Gasteiger partial charge on any atom is 0.128 e. The summed E-state index contributed by atoms with van der Waals surface area (Å²) >= 11 is 6.12. The van der Waals surface area contributed by atoms with Crippen LogP contribution in [0.4, 0.5) is 4.39 Å². The Labute approximate surface area is 118 Å². The Kier molecular flexibility index (Phi) is 4.23. The van der Waals surface area contributed by atoms with Gasteiger partial charge in [0.15, 0.2) is 0 Å². The van der Waals surface area contributed by atoms with Crippen LogP contribution in [0.1, 0.15) is 28.3 Å². The topological polar surface area (TPSA) is 12.0 Å². The zero-order valence-electron chi connectivity index (χ0n) is 11.3. The van der Waals surface area contributed by atoms with Gasteiger partial charge in [0.25, 0.3) is 0 Å². The van der Waals surface area contributed by atoms with E-state index in [9.17, 15) is 4.39 Å². The van der Waals surface area contributed by atoms with Crippen LogP contribution >= 0.6 is 11.6 Å². The van der Waals surface area contributed by atoms with Crippen molar-refractivity contribution in [3.8, 4) is 0 Å². The summed E-state index contributed by atoms with van der Waals surface area (Å²) in [6.45, 7) is 3.95. The molecular formula is C16H17ClFN. The number of rotatable bonds is 3. The number of halogens is 2. The predicted octanol–water partition coefficient (Wildman–Crippen LogP) is 4.40. The summed E-state index contributed by atoms with van der Waals surface area (Å²) < 4.78 is 14.0. The smallest absolute Gasteiger partial charge is 0.128 e. The fourth-order valence-electron chi connectivity index (χ4n) is 2.30. The minimum atomic E-state index is -0.200. The van der Waals surface area contributed by atoms with Crippen LogP contribution in [0.5, 0.6) is 0 Å². The molecule has 0 aromatic heterocycles. The molecule has 0 radical (unpaired) electrons. The van der Waals surface area contributed by atoms with Crippen LogP contribution in [0, 0.1) is 19.7 Å². The van der Waals surface area contributed by atoms with Crippen molar-refractivity contribution < 1.29 is 4.39 Å². The molecule has 3 heteroatoms. The number of aryl methyl sites for hydroxylation is 2. The van der Waals surface area contributed by atoms with Gasteiger partial charge in [-0.3, -0.25) is 0 Å². The molecule has 0 aliphatic heterocycles. The van der Waals surface area contributed by atoms with Crippen LogP contribution < -0.4 is 5.32 Å². The standard InChI is InChI=1S/C16H17ClFN/c1-10-9-14(17)11(2)8-13(10)16(19-3)12-6-4-5-7-15(12)18/h4-9,16,19H,1-3H3. The molecule has 2 aromatic carbocycles. The van der Waals surface area contributed by atoms with Crippen molar-refractivity contribution in [3.63, 3.8) is 0 Å². The Hall–Kier alpha value is -1.38. The summed E-state index contributed by atoms with van der Waals surface area (Å²) in [5.41, 5.74) is 3.75. The summed E-state index contributed by atoms with van der Waals surface area (Å²) in [6.07, 6.45) is 0. The maximum absolute atomic E-state index is 14.0. The molecular weight excluding hydrogens is 261 g/mol. The van der Waals surface area contributed by atoms with E-state index >= 15 is 0 Å². The van der Waals surface area contributed by atoms with Gasteiger partial charge in [-0.25, -0.2) is 4.39 Å². The molecule has 0 saturated carbocycles. The molecule has 0 spiro atoms. The highest BCUT2D eigenvalue weighted by Crippen LogP contribution is 2.30. The molecule has 1 N–H and O–H groups in total. The monoisotopic (exact) mass is 277 g/mol. The fraction of sp³-hybridized carbons (Fsp3) is 0.250. The van der Waals surface area contributed by atoms with Crippen molar-refractivity contribution in [2.45, 2.75) is 19.9 Å². The zero-order chi connectivity index (χ0) is 14.0. The van der Waals surface area contributed by atoms with Gasteiger partial charge in [0, 0.05) is 10.6 Å². The molecule has 1 atom stereocenters. The minimum Gasteiger partial charge on any atom is -0.309 e. The lowest BCUT2D eigenvalue weighted by Gasteiger charge is -2.21. The van der Waals surface area contributed by atoms with Crippen LogP contribution in [0.25, 0.3) is 0 Å². The van der Waals surface area contributed by atoms with Crippen molar-refractivity contribution in [3.05, 3.63) is 69.5 Å². The van der Waals surface area contributed by atoms with Gasteiger partial charge in [-0.05, 0) is 49.7 Å². The molecule has 0 saturated heterocycles. The highest BCUT2D eigenvalue weighted by molar-refractivity contribution is 6.31. The summed E-state index contributed by atoms with van der Waals surface area (Å²) in [7, 11) is 1.83. The average molecular weight is 278 g/mol. The van der Waals surface area contributed by atoms with E-state index in [-0.39, 0.29) is 11.9 Å². The van der Waals surface area contributed by atoms with Crippen LogP contribution in [0.15, 0.2) is 36.4 Å². The summed E-state index contributed by atoms with van der Waals surface area (Å²) in [4.78, 5) is 0. The number of nitrogens with one attached hydrogen (secondary N) is 1. The lowest BCUT2D eigenvalue weighted by Crippen LogP contribution is -2.20. The van der Waals surface area contributed by atoms with Gasteiger partial charge in [-0.1, -0.05) is 35.9 Å². The van der Waals surface area contributed by atoms with Gasteiger partial charge in [0.2, 0.25) is 0 Å². The molecule has 0 fully saturated rings. The molecule has 0 heterocycles. The molecule has 2 aromatic rings. The predicted molar refractivity (Wildman–Crippen MR) is 78.2 cm³/mol. The Balaban J connectivity index is 2.55. The molecule has 2 rings (SSSR count). The number of benzene rings is 2. The SMILES string of the molecule is CNC(c1cc(C)c(Cl)cc1C)c1ccccc1F. The van der Waals surface area contributed by atoms with Gasteiger partial charge < -0.3 is 5.32 Å². The third-order valence-electron chi connectivity index (χ3n) is 3.36. The van der Waals surface area contributed by atoms with Gasteiger partial charge in [-0.2, -0.15) is 0 Å². The number of hydrogen-bond donors (Lipinski definition) is 1. The second kappa shape index (κ2) is 5.72. The molecule has 0 aliphatic rings. The Morgan fingerprint density at radius 1 is 1.05 bits per heavy atom. The first-order valence-electron chi connectivity index (χ1n) is 6.23. The second-order valence-corrected chi connectivity index (χ2v) is 5.11. The second-order valence-electron chi connectivity index (χ2n) is 4.70. The first-order valence-corrected chi connectivity index (χ1v) is 6.60. The summed E-state index contributed by atoms with van der Waals surface area (Å²) in [5.74, 6) is -0.200. The Bertz CT molecular complexity index is 595. The van der Waals surface area contributed by atoms with Gasteiger partial charge in [0.05, 0.1) is 6.04 Å². The van der Waals surface area contributed by atoms with Crippen molar-refractivity contribution in [1.29, 1.82) is 0 Å². The van der Waals surface area contributed by atoms with Crippen LogP contribution in [-0.4, -0.2) is 7.05 Å². The average Bonchev–Trinajstić information content (AvgIpc) is 2.38. The minimum absolute atomic E-state index is 0.169. The lowest BCUT2D eigenvalue weighted by atomic mass is 9.93. The van der Waals surface area contributed by atoms with Crippen LogP contribution in [-0.2, 0) is 0 Å². The normalized spacial score (nSPS) is 12.5. The van der Waals surface area contributed by atoms with Gasteiger partial charge in [0.1, 0.15) is 5.82 Å². The van der Waals surface area contributed by atoms with E-state index in [4.69, 9.17) is 11.6 Å². The molecule has 100 valence electrons. The van der Waals surface area contributed by atoms with E-state index in [1.54, 1.807) is 12.1 Å². The summed E-state index contributed by atoms with van der Waals surface area (Å²) in [5, 5.41) is 3.92. The highest BCUT2D eigenvalue weighted by Gasteiger charge is 2.18. The van der Waals surface area contributed by atoms with E-state index in [0.29, 0.717) is 5.56 Å². The molecule has 1 nitrogen and oxygen atoms in total. The first-order chi connectivity index (χ1) is 9.04. The first kappa shape index (κ1) is 14.0. The van der Waals surface area contributed by atoms with E-state index < -0.39 is 0 Å². The van der Waals surface area contributed by atoms with Crippen LogP contribution in [0.2, 0.25) is 5.02 Å². The Morgan fingerprint density at radius 3 is 2.37 bits per heavy atom.